The number of rotatable bonds is 6. The van der Waals surface area contributed by atoms with Crippen LogP contribution in [0, 0.1) is 0 Å². The molecule has 27 heavy (non-hydrogen) atoms. The summed E-state index contributed by atoms with van der Waals surface area (Å²) < 4.78 is 2.22. The van der Waals surface area contributed by atoms with Crippen LogP contribution in [0.3, 0.4) is 0 Å². The first-order valence-corrected chi connectivity index (χ1v) is 9.00. The quantitative estimate of drug-likeness (QED) is 0.415. The molecule has 0 saturated heterocycles. The molecule has 0 N–H and O–H groups in total. The third-order valence-electron chi connectivity index (χ3n) is 5.30. The summed E-state index contributed by atoms with van der Waals surface area (Å²) in [6, 6.07) is 10.5. The van der Waals surface area contributed by atoms with E-state index in [1.165, 1.54) is 10.8 Å². The maximum atomic E-state index is 12.1. The molecule has 1 heterocycles. The van der Waals surface area contributed by atoms with Gasteiger partial charge in [-0.2, -0.15) is 0 Å². The van der Waals surface area contributed by atoms with Gasteiger partial charge in [0.2, 0.25) is 0 Å². The van der Waals surface area contributed by atoms with Gasteiger partial charge in [0.1, 0.15) is 0 Å². The minimum atomic E-state index is 0. The lowest BCUT2D eigenvalue weighted by atomic mass is 9.98. The summed E-state index contributed by atoms with van der Waals surface area (Å²) >= 11 is 0. The first-order valence-electron chi connectivity index (χ1n) is 9.00. The molecule has 144 valence electrons. The van der Waals surface area contributed by atoms with Gasteiger partial charge >= 0.3 is 0 Å². The van der Waals surface area contributed by atoms with E-state index in [4.69, 9.17) is 0 Å². The van der Waals surface area contributed by atoms with Crippen LogP contribution in [0.2, 0.25) is 0 Å². The number of hydrogen-bond donors (Lipinski definition) is 0. The molecule has 4 aromatic rings. The van der Waals surface area contributed by atoms with E-state index in [0.29, 0.717) is 5.56 Å². The number of hydrogen-bond acceptors (Lipinski definition) is 3. The molecule has 1 aromatic heterocycles. The van der Waals surface area contributed by atoms with Gasteiger partial charge in [-0.3, -0.25) is 4.79 Å². The number of nitrogens with zero attached hydrogens (tertiary/aromatic N) is 3. The van der Waals surface area contributed by atoms with Crippen LogP contribution in [0.25, 0.3) is 32.6 Å². The third-order valence-corrected chi connectivity index (χ3v) is 5.30. The number of aromatic nitrogens is 2. The van der Waals surface area contributed by atoms with Gasteiger partial charge in [-0.1, -0.05) is 32.0 Å². The molecule has 6 heteroatoms. The Bertz CT molecular complexity index is 1070. The van der Waals surface area contributed by atoms with Gasteiger partial charge in [0.25, 0.3) is 0 Å². The summed E-state index contributed by atoms with van der Waals surface area (Å²) in [5.74, 6) is 0.0681. The second kappa shape index (κ2) is 8.42. The van der Waals surface area contributed by atoms with E-state index in [1.54, 1.807) is 6.92 Å². The lowest BCUT2D eigenvalue weighted by Gasteiger charge is -2.20. The Labute approximate surface area is 171 Å². The Kier molecular flexibility index (Phi) is 6.68. The molecule has 4 rings (SSSR count). The van der Waals surface area contributed by atoms with Crippen LogP contribution in [0.5, 0.6) is 0 Å². The molecule has 0 aliphatic rings. The molecule has 0 aliphatic carbocycles. The Morgan fingerprint density at radius 1 is 1.04 bits per heavy atom. The molecule has 0 spiro atoms. The summed E-state index contributed by atoms with van der Waals surface area (Å²) in [5, 5.41) is 4.68. The lowest BCUT2D eigenvalue weighted by Crippen LogP contribution is -2.27. The number of halogens is 2. The van der Waals surface area contributed by atoms with E-state index in [9.17, 15) is 4.79 Å². The monoisotopic (exact) mass is 405 g/mol. The number of carbonyl (C=O) groups excluding carboxylic acids is 1. The van der Waals surface area contributed by atoms with Crippen LogP contribution in [0.1, 0.15) is 31.1 Å². The highest BCUT2D eigenvalue weighted by Gasteiger charge is 2.17. The first-order chi connectivity index (χ1) is 12.1. The molecule has 0 unspecified atom stereocenters. The Morgan fingerprint density at radius 2 is 1.70 bits per heavy atom. The van der Waals surface area contributed by atoms with Crippen molar-refractivity contribution >= 4 is 63.2 Å². The number of carbonyl (C=O) groups is 1. The van der Waals surface area contributed by atoms with Crippen LogP contribution in [-0.4, -0.2) is 39.9 Å². The van der Waals surface area contributed by atoms with E-state index < -0.39 is 0 Å². The van der Waals surface area contributed by atoms with Crippen LogP contribution >= 0.6 is 24.8 Å². The summed E-state index contributed by atoms with van der Waals surface area (Å²) in [6.45, 7) is 9.99. The van der Waals surface area contributed by atoms with Gasteiger partial charge in [-0.25, -0.2) is 4.98 Å². The number of likely N-dealkylation sites (N-methyl/N-ethyl adjacent to an activating group) is 1. The predicted molar refractivity (Wildman–Crippen MR) is 118 cm³/mol. The number of benzene rings is 2. The van der Waals surface area contributed by atoms with Crippen molar-refractivity contribution in [3.8, 4) is 0 Å². The average Bonchev–Trinajstić information content (AvgIpc) is 3.05. The molecule has 3 aromatic carbocycles. The second-order valence-corrected chi connectivity index (χ2v) is 6.64. The van der Waals surface area contributed by atoms with Gasteiger partial charge in [0, 0.05) is 29.4 Å². The van der Waals surface area contributed by atoms with Crippen molar-refractivity contribution in [3.05, 3.63) is 42.2 Å². The van der Waals surface area contributed by atoms with Gasteiger partial charge in [0.05, 0.1) is 17.4 Å². The maximum Gasteiger partial charge on any atom is 0.162 e. The minimum Gasteiger partial charge on any atom is -0.330 e. The number of Topliss-reactive ketones (excluding diaryl/α,β-unsaturated/α-hetero) is 1. The SMILES string of the molecule is CCN(CC)CCn1cnc2c(C(C)=O)cc3ccc4ccc1c2c43.Cl.Cl. The summed E-state index contributed by atoms with van der Waals surface area (Å²) in [6.07, 6.45) is 1.89. The first kappa shape index (κ1) is 21.4. The van der Waals surface area contributed by atoms with Gasteiger partial charge in [-0.15, -0.1) is 24.8 Å². The maximum absolute atomic E-state index is 12.1. The largest absolute Gasteiger partial charge is 0.330 e. The molecule has 0 fully saturated rings. The molecule has 0 radical (unpaired) electrons. The van der Waals surface area contributed by atoms with Gasteiger partial charge in [0.15, 0.2) is 5.78 Å². The van der Waals surface area contributed by atoms with E-state index in [2.05, 4.69) is 52.6 Å². The van der Waals surface area contributed by atoms with Gasteiger partial charge in [-0.05, 0) is 42.9 Å². The Hall–Kier alpha value is -1.88. The second-order valence-electron chi connectivity index (χ2n) is 6.64. The van der Waals surface area contributed by atoms with E-state index in [-0.39, 0.29) is 30.6 Å². The van der Waals surface area contributed by atoms with Crippen molar-refractivity contribution in [1.29, 1.82) is 0 Å². The predicted octanol–water partition coefficient (Wildman–Crippen LogP) is 5.17. The van der Waals surface area contributed by atoms with Crippen LogP contribution in [0.15, 0.2) is 36.7 Å². The van der Waals surface area contributed by atoms with Crippen molar-refractivity contribution < 1.29 is 4.79 Å². The Morgan fingerprint density at radius 3 is 2.37 bits per heavy atom. The molecule has 0 bridgehead atoms. The highest BCUT2D eigenvalue weighted by atomic mass is 35.5. The van der Waals surface area contributed by atoms with Crippen molar-refractivity contribution in [2.24, 2.45) is 0 Å². The van der Waals surface area contributed by atoms with Crippen LogP contribution < -0.4 is 0 Å². The molecular weight excluding hydrogens is 381 g/mol. The normalized spacial score (nSPS) is 11.3. The molecule has 0 atom stereocenters. The topological polar surface area (TPSA) is 38.1 Å². The average molecular weight is 406 g/mol. The van der Waals surface area contributed by atoms with Crippen molar-refractivity contribution in [3.63, 3.8) is 0 Å². The Balaban J connectivity index is 0.00000131. The van der Waals surface area contributed by atoms with Crippen molar-refractivity contribution in [2.75, 3.05) is 19.6 Å². The molecule has 4 nitrogen and oxygen atoms in total. The minimum absolute atomic E-state index is 0. The van der Waals surface area contributed by atoms with Crippen molar-refractivity contribution in [2.45, 2.75) is 27.3 Å². The fourth-order valence-corrected chi connectivity index (χ4v) is 3.84. The van der Waals surface area contributed by atoms with Crippen LogP contribution in [0.4, 0.5) is 0 Å². The molecule has 0 saturated carbocycles. The zero-order valence-electron chi connectivity index (χ0n) is 15.9. The summed E-state index contributed by atoms with van der Waals surface area (Å²) in [7, 11) is 0. The zero-order valence-corrected chi connectivity index (χ0v) is 17.5. The summed E-state index contributed by atoms with van der Waals surface area (Å²) in [5.41, 5.74) is 2.70. The fraction of sp³-hybridized carbons (Fsp3) is 0.333. The highest BCUT2D eigenvalue weighted by Crippen LogP contribution is 2.36. The third kappa shape index (κ3) is 3.49. The molecule has 0 amide bonds. The zero-order chi connectivity index (χ0) is 17.6. The van der Waals surface area contributed by atoms with Crippen LogP contribution in [-0.2, 0) is 6.54 Å². The van der Waals surface area contributed by atoms with E-state index in [1.807, 2.05) is 12.4 Å². The fourth-order valence-electron chi connectivity index (χ4n) is 3.84. The molecular formula is C21H25Cl2N3O. The standard InChI is InChI=1S/C21H23N3O.2ClH/c1-4-23(5-2)10-11-24-13-22-21-17(14(3)25)12-16-7-6-15-8-9-18(24)20(21)19(15)16;;/h6-9,12-13H,4-5,10-11H2,1-3H3;2*1H. The number of ketones is 1. The van der Waals surface area contributed by atoms with E-state index >= 15 is 0 Å². The smallest absolute Gasteiger partial charge is 0.162 e. The molecule has 0 aliphatic heterocycles. The summed E-state index contributed by atoms with van der Waals surface area (Å²) in [4.78, 5) is 19.2. The lowest BCUT2D eigenvalue weighted by molar-refractivity contribution is 0.101. The van der Waals surface area contributed by atoms with E-state index in [0.717, 1.165) is 48.0 Å². The highest BCUT2D eigenvalue weighted by molar-refractivity contribution is 6.26. The van der Waals surface area contributed by atoms with Gasteiger partial charge < -0.3 is 9.47 Å². The van der Waals surface area contributed by atoms with Crippen molar-refractivity contribution in [1.82, 2.24) is 14.5 Å².